The minimum Gasteiger partial charge on any atom is 0 e. The van der Waals surface area contributed by atoms with Crippen molar-refractivity contribution in [2.24, 2.45) is 0 Å². The van der Waals surface area contributed by atoms with Gasteiger partial charge in [-0.25, -0.2) is 0 Å². The monoisotopic (exact) mass is 561 g/mol. The van der Waals surface area contributed by atoms with Crippen LogP contribution in [0.15, 0.2) is 24.3 Å². The second kappa shape index (κ2) is 14.9. The molecule has 0 unspecified atom stereocenters. The smallest absolute Gasteiger partial charge is 0 e. The first-order valence-electron chi connectivity index (χ1n) is 7.37. The molecular weight excluding hydrogens is 522 g/mol. The zero-order valence-corrected chi connectivity index (χ0v) is 22.8. The Labute approximate surface area is 167 Å². The van der Waals surface area contributed by atoms with Crippen molar-refractivity contribution in [2.75, 3.05) is 0 Å². The van der Waals surface area contributed by atoms with Gasteiger partial charge in [0.25, 0.3) is 0 Å². The van der Waals surface area contributed by atoms with E-state index in [2.05, 4.69) is 0 Å². The fourth-order valence-electron chi connectivity index (χ4n) is 0.503. The Morgan fingerprint density at radius 1 is 0.696 bits per heavy atom. The molecule has 0 aliphatic carbocycles. The summed E-state index contributed by atoms with van der Waals surface area (Å²) < 4.78 is 12.7. The minimum absolute atomic E-state index is 0. The van der Waals surface area contributed by atoms with Gasteiger partial charge in [-0.2, -0.15) is 0 Å². The number of rotatable bonds is 1. The van der Waals surface area contributed by atoms with Crippen molar-refractivity contribution in [1.29, 1.82) is 0 Å². The maximum absolute atomic E-state index is 11.7. The normalized spacial score (nSPS) is 11.2. The van der Waals surface area contributed by atoms with Gasteiger partial charge in [0.1, 0.15) is 0 Å². The molecule has 0 saturated carbocycles. The third-order valence-electron chi connectivity index (χ3n) is 0.886. The molecule has 6 heteroatoms. The predicted octanol–water partition coefficient (Wildman–Crippen LogP) is 2.41. The number of halogens is 1. The van der Waals surface area contributed by atoms with Crippen molar-refractivity contribution in [3.63, 3.8) is 0 Å². The molecule has 1 rings (SSSR count). The molecule has 0 atom stereocenters. The van der Waals surface area contributed by atoms with Crippen LogP contribution in [0.4, 0.5) is 3.50 Å². The molecule has 0 aliphatic rings. The Morgan fingerprint density at radius 3 is 0.957 bits per heavy atom. The molecule has 3 N–H and O–H groups in total. The first kappa shape index (κ1) is 31.4. The van der Waals surface area contributed by atoms with Gasteiger partial charge in [-0.3, -0.25) is 0 Å². The van der Waals surface area contributed by atoms with Gasteiger partial charge in [0.15, 0.2) is 0 Å². The fourth-order valence-corrected chi connectivity index (χ4v) is 1.45. The molecule has 1 aromatic carbocycles. The number of aliphatic hydroxyl groups is 3. The van der Waals surface area contributed by atoms with E-state index in [1.807, 2.05) is 24.3 Å². The van der Waals surface area contributed by atoms with Crippen LogP contribution < -0.4 is 4.40 Å². The molecule has 1 aromatic rings. The summed E-state index contributed by atoms with van der Waals surface area (Å²) in [5.41, 5.74) is -1.50. The maximum atomic E-state index is 11.7. The average molecular weight is 559 g/mol. The van der Waals surface area contributed by atoms with Crippen molar-refractivity contribution in [1.82, 2.24) is 0 Å². The van der Waals surface area contributed by atoms with Gasteiger partial charge in [-0.1, -0.05) is 0 Å². The van der Waals surface area contributed by atoms with Crippen LogP contribution in [-0.4, -0.2) is 48.0 Å². The van der Waals surface area contributed by atoms with Crippen molar-refractivity contribution in [3.8, 4) is 0 Å². The van der Waals surface area contributed by atoms with E-state index in [1.54, 1.807) is 62.3 Å². The molecule has 138 valence electrons. The molecule has 0 spiro atoms. The molecule has 0 fully saturated rings. The number of hydrogen-bond acceptors (Lipinski definition) is 3. The van der Waals surface area contributed by atoms with E-state index in [1.165, 1.54) is 0 Å². The molecule has 0 radical (unpaired) electrons. The Hall–Kier alpha value is 0.573. The zero-order valence-electron chi connectivity index (χ0n) is 16.2. The van der Waals surface area contributed by atoms with Crippen LogP contribution in [0.2, 0.25) is 0 Å². The molecule has 0 saturated heterocycles. The summed E-state index contributed by atoms with van der Waals surface area (Å²) >= 11 is -1.73. The van der Waals surface area contributed by atoms with Crippen LogP contribution in [0.3, 0.4) is 0 Å². The van der Waals surface area contributed by atoms with Gasteiger partial charge in [0, 0.05) is 25.8 Å². The topological polar surface area (TPSA) is 60.7 Å². The van der Waals surface area contributed by atoms with Gasteiger partial charge in [0.2, 0.25) is 0 Å². The molecule has 0 heterocycles. The van der Waals surface area contributed by atoms with E-state index in [9.17, 15) is 3.50 Å². The molecule has 0 aliphatic heterocycles. The van der Waals surface area contributed by atoms with E-state index >= 15 is 0 Å². The van der Waals surface area contributed by atoms with E-state index in [0.29, 0.717) is 0 Å². The van der Waals surface area contributed by atoms with Crippen LogP contribution in [-0.2, 0) is 25.8 Å². The molecule has 3 nitrogen and oxygen atoms in total. The Bertz CT molecular complexity index is 290. The molecule has 23 heavy (non-hydrogen) atoms. The van der Waals surface area contributed by atoms with Crippen molar-refractivity contribution in [2.45, 2.75) is 79.1 Å². The maximum Gasteiger partial charge on any atom is 0 e. The summed E-state index contributed by atoms with van der Waals surface area (Å²) in [6.07, 6.45) is 0. The molecule has 0 amide bonds. The van der Waals surface area contributed by atoms with Gasteiger partial charge in [0.05, 0.1) is 16.8 Å². The third-order valence-corrected chi connectivity index (χ3v) is 2.52. The SMILES string of the molecule is CC(C)(C)O.CC(C)(C)O.CC(C)(C)O.[F][GeH2][c-]1cccc1.[Hf]. The minimum atomic E-state index is -1.73. The summed E-state index contributed by atoms with van der Waals surface area (Å²) in [6.45, 7) is 15.7. The van der Waals surface area contributed by atoms with E-state index in [-0.39, 0.29) is 25.8 Å². The van der Waals surface area contributed by atoms with E-state index in [4.69, 9.17) is 15.3 Å². The summed E-state index contributed by atoms with van der Waals surface area (Å²) in [7, 11) is 0. The first-order chi connectivity index (χ1) is 9.43. The third kappa shape index (κ3) is 104. The zero-order chi connectivity index (χ0) is 18.6. The fraction of sp³-hybridized carbons (Fsp3) is 0.706. The van der Waals surface area contributed by atoms with Gasteiger partial charge >= 0.3 is 48.1 Å². The van der Waals surface area contributed by atoms with Crippen LogP contribution in [0.5, 0.6) is 0 Å². The summed E-state index contributed by atoms with van der Waals surface area (Å²) in [4.78, 5) is 0. The van der Waals surface area contributed by atoms with Gasteiger partial charge in [-0.05, 0) is 62.3 Å². The summed E-state index contributed by atoms with van der Waals surface area (Å²) in [5.74, 6) is 0. The van der Waals surface area contributed by atoms with Crippen LogP contribution >= 0.6 is 0 Å². The van der Waals surface area contributed by atoms with E-state index in [0.717, 1.165) is 4.40 Å². The van der Waals surface area contributed by atoms with Gasteiger partial charge < -0.3 is 15.3 Å². The molecule has 0 bridgehead atoms. The Kier molecular flexibility index (Phi) is 20.3. The Balaban J connectivity index is -0.000000105. The summed E-state index contributed by atoms with van der Waals surface area (Å²) in [6, 6.07) is 7.44. The largest absolute Gasteiger partial charge is 0 e. The van der Waals surface area contributed by atoms with Crippen molar-refractivity contribution < 1.29 is 44.7 Å². The van der Waals surface area contributed by atoms with Crippen LogP contribution in [0.1, 0.15) is 62.3 Å². The standard InChI is InChI=1S/C5H6FGe.3C4H10O.Hf/c6-7-5-3-1-2-4-5;3*1-4(2,3)5;/h1-4H,7H2;3*5H,1-3H3;/q-1;;;;. The van der Waals surface area contributed by atoms with Crippen molar-refractivity contribution >= 4 is 20.3 Å². The average Bonchev–Trinajstić information content (AvgIpc) is 2.60. The van der Waals surface area contributed by atoms with Crippen LogP contribution in [0.25, 0.3) is 0 Å². The van der Waals surface area contributed by atoms with Crippen molar-refractivity contribution in [3.05, 3.63) is 24.3 Å². The summed E-state index contributed by atoms with van der Waals surface area (Å²) in [5, 5.41) is 25.6. The molecule has 0 aromatic heterocycles. The molecular formula is C17H36FGeHfO3-. The first-order valence-corrected chi connectivity index (χ1v) is 9.97. The predicted molar refractivity (Wildman–Crippen MR) is 97.2 cm³/mol. The van der Waals surface area contributed by atoms with Crippen LogP contribution in [0, 0.1) is 0 Å². The van der Waals surface area contributed by atoms with Gasteiger partial charge in [-0.15, -0.1) is 0 Å². The second-order valence-electron chi connectivity index (χ2n) is 7.94. The number of hydrogen-bond donors (Lipinski definition) is 3. The second-order valence-corrected chi connectivity index (χ2v) is 10.2. The quantitative estimate of drug-likeness (QED) is 0.367. The van der Waals surface area contributed by atoms with E-state index < -0.39 is 32.7 Å². The Morgan fingerprint density at radius 2 is 0.870 bits per heavy atom.